The Morgan fingerprint density at radius 3 is 1.85 bits per heavy atom. The van der Waals surface area contributed by atoms with Gasteiger partial charge in [-0.15, -0.1) is 4.31 Å². The first-order valence-electron chi connectivity index (χ1n) is 8.30. The number of anilines is 1. The number of para-hydroxylation sites is 2. The van der Waals surface area contributed by atoms with E-state index in [0.717, 1.165) is 0 Å². The number of benzene rings is 2. The molecule has 0 spiro atoms. The SMILES string of the molecule is CC(C)c1cccc(C(C)C)c1N(C(=O)O)S(=O)(=O)Oc1ccccc1. The van der Waals surface area contributed by atoms with E-state index < -0.39 is 16.4 Å². The topological polar surface area (TPSA) is 83.9 Å². The highest BCUT2D eigenvalue weighted by atomic mass is 32.2. The molecule has 0 saturated carbocycles. The van der Waals surface area contributed by atoms with Crippen LogP contribution in [0.15, 0.2) is 48.5 Å². The van der Waals surface area contributed by atoms with Crippen molar-refractivity contribution in [2.24, 2.45) is 0 Å². The number of amides is 1. The van der Waals surface area contributed by atoms with Gasteiger partial charge in [-0.05, 0) is 35.1 Å². The molecule has 2 rings (SSSR count). The van der Waals surface area contributed by atoms with E-state index in [2.05, 4.69) is 0 Å². The highest BCUT2D eigenvalue weighted by molar-refractivity contribution is 7.89. The molecular formula is C19H23NO5S. The molecule has 2 aromatic rings. The van der Waals surface area contributed by atoms with Crippen LogP contribution < -0.4 is 8.49 Å². The van der Waals surface area contributed by atoms with Crippen LogP contribution in [0.25, 0.3) is 0 Å². The molecule has 1 N–H and O–H groups in total. The maximum absolute atomic E-state index is 12.8. The third kappa shape index (κ3) is 4.16. The molecule has 0 aromatic heterocycles. The number of rotatable bonds is 6. The molecule has 0 saturated heterocycles. The molecule has 140 valence electrons. The molecule has 0 aliphatic rings. The normalized spacial score (nSPS) is 11.6. The molecule has 2 aromatic carbocycles. The summed E-state index contributed by atoms with van der Waals surface area (Å²) in [4.78, 5) is 12.0. The van der Waals surface area contributed by atoms with Gasteiger partial charge in [-0.25, -0.2) is 4.79 Å². The van der Waals surface area contributed by atoms with Crippen LogP contribution in [0.5, 0.6) is 5.75 Å². The van der Waals surface area contributed by atoms with Crippen LogP contribution in [0, 0.1) is 0 Å². The lowest BCUT2D eigenvalue weighted by molar-refractivity contribution is 0.205. The van der Waals surface area contributed by atoms with Crippen LogP contribution in [-0.2, 0) is 10.3 Å². The number of hydrogen-bond donors (Lipinski definition) is 1. The first kappa shape index (κ1) is 19.8. The molecule has 0 aliphatic heterocycles. The van der Waals surface area contributed by atoms with Crippen LogP contribution >= 0.6 is 0 Å². The van der Waals surface area contributed by atoms with Gasteiger partial charge in [0.15, 0.2) is 0 Å². The van der Waals surface area contributed by atoms with Crippen LogP contribution in [0.4, 0.5) is 10.5 Å². The van der Waals surface area contributed by atoms with E-state index in [4.69, 9.17) is 4.18 Å². The summed E-state index contributed by atoms with van der Waals surface area (Å²) in [6, 6.07) is 13.1. The summed E-state index contributed by atoms with van der Waals surface area (Å²) in [5.74, 6) is -0.0955. The number of hydrogen-bond acceptors (Lipinski definition) is 4. The van der Waals surface area contributed by atoms with Crippen LogP contribution in [0.2, 0.25) is 0 Å². The van der Waals surface area contributed by atoms with Crippen molar-refractivity contribution >= 4 is 22.1 Å². The predicted octanol–water partition coefficient (Wildman–Crippen LogP) is 4.74. The van der Waals surface area contributed by atoms with Gasteiger partial charge in [0.05, 0.1) is 5.69 Å². The van der Waals surface area contributed by atoms with Crippen molar-refractivity contribution in [1.29, 1.82) is 0 Å². The van der Waals surface area contributed by atoms with E-state index in [1.807, 2.05) is 27.7 Å². The fraction of sp³-hybridized carbons (Fsp3) is 0.316. The van der Waals surface area contributed by atoms with Gasteiger partial charge in [0.1, 0.15) is 5.75 Å². The predicted molar refractivity (Wildman–Crippen MR) is 101 cm³/mol. The number of carboxylic acid groups (broad SMARTS) is 1. The van der Waals surface area contributed by atoms with Crippen LogP contribution in [0.1, 0.15) is 50.7 Å². The molecular weight excluding hydrogens is 354 g/mol. The Morgan fingerprint density at radius 1 is 0.923 bits per heavy atom. The van der Waals surface area contributed by atoms with Crippen molar-refractivity contribution in [3.8, 4) is 5.75 Å². The highest BCUT2D eigenvalue weighted by Gasteiger charge is 2.35. The molecule has 26 heavy (non-hydrogen) atoms. The summed E-state index contributed by atoms with van der Waals surface area (Å²) in [5.41, 5.74) is 1.39. The molecule has 0 heterocycles. The third-order valence-corrected chi connectivity index (χ3v) is 5.08. The van der Waals surface area contributed by atoms with Crippen molar-refractivity contribution in [1.82, 2.24) is 0 Å². The zero-order chi connectivity index (χ0) is 19.5. The van der Waals surface area contributed by atoms with Crippen molar-refractivity contribution in [3.05, 3.63) is 59.7 Å². The second kappa shape index (κ2) is 7.78. The summed E-state index contributed by atoms with van der Waals surface area (Å²) >= 11 is 0. The van der Waals surface area contributed by atoms with Crippen molar-refractivity contribution < 1.29 is 22.5 Å². The quantitative estimate of drug-likeness (QED) is 0.786. The number of nitrogens with zero attached hydrogens (tertiary/aromatic N) is 1. The van der Waals surface area contributed by atoms with E-state index in [-0.39, 0.29) is 23.3 Å². The minimum Gasteiger partial charge on any atom is -0.464 e. The van der Waals surface area contributed by atoms with Gasteiger partial charge < -0.3 is 9.29 Å². The summed E-state index contributed by atoms with van der Waals surface area (Å²) < 4.78 is 31.0. The minimum atomic E-state index is -4.61. The first-order chi connectivity index (χ1) is 12.1. The lowest BCUT2D eigenvalue weighted by Crippen LogP contribution is -2.40. The second-order valence-corrected chi connectivity index (χ2v) is 7.88. The Bertz CT molecular complexity index is 850. The second-order valence-electron chi connectivity index (χ2n) is 6.50. The van der Waals surface area contributed by atoms with Gasteiger partial charge in [-0.3, -0.25) is 0 Å². The van der Waals surface area contributed by atoms with E-state index in [1.165, 1.54) is 12.1 Å². The van der Waals surface area contributed by atoms with Gasteiger partial charge >= 0.3 is 16.4 Å². The summed E-state index contributed by atoms with van der Waals surface area (Å²) in [7, 11) is -4.61. The van der Waals surface area contributed by atoms with E-state index >= 15 is 0 Å². The lowest BCUT2D eigenvalue weighted by atomic mass is 9.93. The smallest absolute Gasteiger partial charge is 0.428 e. The van der Waals surface area contributed by atoms with Crippen LogP contribution in [0.3, 0.4) is 0 Å². The molecule has 0 fully saturated rings. The molecule has 0 atom stereocenters. The summed E-state index contributed by atoms with van der Waals surface area (Å²) in [6.45, 7) is 7.53. The van der Waals surface area contributed by atoms with Crippen LogP contribution in [-0.4, -0.2) is 19.6 Å². The monoisotopic (exact) mass is 377 g/mol. The van der Waals surface area contributed by atoms with Gasteiger partial charge in [0.2, 0.25) is 0 Å². The third-order valence-electron chi connectivity index (χ3n) is 3.89. The van der Waals surface area contributed by atoms with Gasteiger partial charge in [-0.2, -0.15) is 8.42 Å². The fourth-order valence-corrected chi connectivity index (χ4v) is 3.74. The van der Waals surface area contributed by atoms with E-state index in [1.54, 1.807) is 36.4 Å². The van der Waals surface area contributed by atoms with E-state index in [9.17, 15) is 18.3 Å². The Morgan fingerprint density at radius 2 is 1.42 bits per heavy atom. The van der Waals surface area contributed by atoms with Crippen molar-refractivity contribution in [2.75, 3.05) is 4.31 Å². The molecule has 7 heteroatoms. The maximum atomic E-state index is 12.8. The average Bonchev–Trinajstić information content (AvgIpc) is 2.54. The van der Waals surface area contributed by atoms with Gasteiger partial charge in [0, 0.05) is 0 Å². The average molecular weight is 377 g/mol. The Kier molecular flexibility index (Phi) is 5.92. The minimum absolute atomic E-state index is 0.0480. The first-order valence-corrected chi connectivity index (χ1v) is 9.67. The Balaban J connectivity index is 2.66. The van der Waals surface area contributed by atoms with Gasteiger partial charge in [-0.1, -0.05) is 64.1 Å². The molecule has 0 bridgehead atoms. The maximum Gasteiger partial charge on any atom is 0.428 e. The van der Waals surface area contributed by atoms with E-state index in [0.29, 0.717) is 15.4 Å². The molecule has 1 amide bonds. The van der Waals surface area contributed by atoms with Crippen molar-refractivity contribution in [3.63, 3.8) is 0 Å². The summed E-state index contributed by atoms with van der Waals surface area (Å²) in [6.07, 6.45) is -1.61. The Hall–Kier alpha value is -2.54. The lowest BCUT2D eigenvalue weighted by Gasteiger charge is -2.26. The molecule has 6 nitrogen and oxygen atoms in total. The van der Waals surface area contributed by atoms with Crippen molar-refractivity contribution in [2.45, 2.75) is 39.5 Å². The number of carbonyl (C=O) groups is 1. The largest absolute Gasteiger partial charge is 0.464 e. The zero-order valence-electron chi connectivity index (χ0n) is 15.2. The Labute approximate surface area is 154 Å². The summed E-state index contributed by atoms with van der Waals surface area (Å²) in [5, 5.41) is 9.72. The molecule has 0 aliphatic carbocycles. The standard InChI is InChI=1S/C19H23NO5S/c1-13(2)16-11-8-12-17(14(3)4)18(16)20(19(21)22)26(23,24)25-15-9-6-5-7-10-15/h5-14H,1-4H3,(H,21,22). The highest BCUT2D eigenvalue weighted by Crippen LogP contribution is 2.37. The zero-order valence-corrected chi connectivity index (χ0v) is 16.0. The molecule has 0 radical (unpaired) electrons. The van der Waals surface area contributed by atoms with Gasteiger partial charge in [0.25, 0.3) is 0 Å². The molecule has 0 unspecified atom stereocenters. The fourth-order valence-electron chi connectivity index (χ4n) is 2.68.